The molecule has 0 N–H and O–H groups in total. The van der Waals surface area contributed by atoms with Crippen molar-refractivity contribution in [3.8, 4) is 0 Å². The van der Waals surface area contributed by atoms with Crippen molar-refractivity contribution >= 4 is 11.6 Å². The molecule has 0 unspecified atom stereocenters. The number of rotatable bonds is 7. The molecule has 4 rings (SSSR count). The van der Waals surface area contributed by atoms with Crippen LogP contribution in [-0.2, 0) is 17.9 Å². The minimum absolute atomic E-state index is 0.147. The Morgan fingerprint density at radius 1 is 0.900 bits per heavy atom. The van der Waals surface area contributed by atoms with E-state index in [1.54, 1.807) is 12.5 Å². The van der Waals surface area contributed by atoms with Crippen LogP contribution in [0.25, 0.3) is 0 Å². The fraction of sp³-hybridized carbons (Fsp3) is 0.375. The van der Waals surface area contributed by atoms with Crippen LogP contribution in [0.4, 0.5) is 5.69 Å². The monoisotopic (exact) mass is 407 g/mol. The molecule has 0 atom stereocenters. The van der Waals surface area contributed by atoms with Gasteiger partial charge in [0, 0.05) is 31.9 Å². The summed E-state index contributed by atoms with van der Waals surface area (Å²) in [5.41, 5.74) is 3.90. The van der Waals surface area contributed by atoms with Crippen molar-refractivity contribution in [2.45, 2.75) is 26.9 Å². The van der Waals surface area contributed by atoms with Crippen LogP contribution in [0, 0.1) is 13.8 Å². The maximum absolute atomic E-state index is 13.0. The van der Waals surface area contributed by atoms with Crippen LogP contribution in [0.1, 0.15) is 22.6 Å². The lowest BCUT2D eigenvalue weighted by Gasteiger charge is -2.37. The fourth-order valence-electron chi connectivity index (χ4n) is 3.98. The molecule has 1 amide bonds. The van der Waals surface area contributed by atoms with E-state index in [9.17, 15) is 4.79 Å². The van der Waals surface area contributed by atoms with Gasteiger partial charge in [0.2, 0.25) is 5.91 Å². The second-order valence-corrected chi connectivity index (χ2v) is 7.89. The molecule has 30 heavy (non-hydrogen) atoms. The van der Waals surface area contributed by atoms with E-state index in [1.165, 1.54) is 16.8 Å². The molecule has 1 aromatic carbocycles. The van der Waals surface area contributed by atoms with Gasteiger partial charge in [0.15, 0.2) is 0 Å². The lowest BCUT2D eigenvalue weighted by Crippen LogP contribution is -2.51. The molecule has 1 aliphatic heterocycles. The van der Waals surface area contributed by atoms with Crippen molar-refractivity contribution in [2.75, 3.05) is 37.6 Å². The van der Waals surface area contributed by atoms with Crippen LogP contribution in [0.3, 0.4) is 0 Å². The average molecular weight is 408 g/mol. The molecule has 1 fully saturated rings. The van der Waals surface area contributed by atoms with Crippen molar-refractivity contribution in [1.29, 1.82) is 0 Å². The SMILES string of the molecule is Cc1cccc(N2CCN(C(=O)CN(Cc3ccco3)Cc3ccco3)CC2)c1C. The first-order chi connectivity index (χ1) is 14.6. The zero-order valence-corrected chi connectivity index (χ0v) is 17.7. The van der Waals surface area contributed by atoms with E-state index in [0.29, 0.717) is 19.6 Å². The van der Waals surface area contributed by atoms with E-state index in [4.69, 9.17) is 8.83 Å². The molecule has 0 radical (unpaired) electrons. The van der Waals surface area contributed by atoms with Crippen LogP contribution in [0.5, 0.6) is 0 Å². The van der Waals surface area contributed by atoms with Gasteiger partial charge >= 0.3 is 0 Å². The Kier molecular flexibility index (Phi) is 6.23. The summed E-state index contributed by atoms with van der Waals surface area (Å²) < 4.78 is 11.0. The molecule has 3 heterocycles. The summed E-state index contributed by atoms with van der Waals surface area (Å²) in [5.74, 6) is 1.83. The predicted molar refractivity (Wildman–Crippen MR) is 116 cm³/mol. The zero-order valence-electron chi connectivity index (χ0n) is 17.7. The summed E-state index contributed by atoms with van der Waals surface area (Å²) >= 11 is 0. The third-order valence-corrected chi connectivity index (χ3v) is 5.83. The second-order valence-electron chi connectivity index (χ2n) is 7.89. The number of anilines is 1. The van der Waals surface area contributed by atoms with Crippen molar-refractivity contribution in [3.63, 3.8) is 0 Å². The number of carbonyl (C=O) groups excluding carboxylic acids is 1. The maximum Gasteiger partial charge on any atom is 0.236 e. The van der Waals surface area contributed by atoms with E-state index in [1.807, 2.05) is 29.2 Å². The number of benzene rings is 1. The van der Waals surface area contributed by atoms with Gasteiger partial charge in [-0.05, 0) is 55.3 Å². The maximum atomic E-state index is 13.0. The Bertz CT molecular complexity index is 906. The van der Waals surface area contributed by atoms with Gasteiger partial charge in [0.05, 0.1) is 32.2 Å². The highest BCUT2D eigenvalue weighted by atomic mass is 16.3. The van der Waals surface area contributed by atoms with Crippen LogP contribution >= 0.6 is 0 Å². The van der Waals surface area contributed by atoms with Gasteiger partial charge in [-0.2, -0.15) is 0 Å². The van der Waals surface area contributed by atoms with Gasteiger partial charge in [0.1, 0.15) is 11.5 Å². The first-order valence-electron chi connectivity index (χ1n) is 10.5. The number of furan rings is 2. The Morgan fingerprint density at radius 3 is 2.10 bits per heavy atom. The lowest BCUT2D eigenvalue weighted by molar-refractivity contribution is -0.133. The fourth-order valence-corrected chi connectivity index (χ4v) is 3.98. The topological polar surface area (TPSA) is 53.1 Å². The number of aryl methyl sites for hydroxylation is 1. The molecule has 1 aliphatic rings. The molecule has 3 aromatic rings. The normalized spacial score (nSPS) is 14.5. The number of nitrogens with zero attached hydrogens (tertiary/aromatic N) is 3. The van der Waals surface area contributed by atoms with E-state index < -0.39 is 0 Å². The molecule has 6 nitrogen and oxygen atoms in total. The van der Waals surface area contributed by atoms with Crippen LogP contribution in [-0.4, -0.2) is 48.4 Å². The predicted octanol–water partition coefficient (Wildman–Crippen LogP) is 3.84. The van der Waals surface area contributed by atoms with Gasteiger partial charge in [-0.15, -0.1) is 0 Å². The summed E-state index contributed by atoms with van der Waals surface area (Å²) in [4.78, 5) is 19.5. The molecule has 0 bridgehead atoms. The van der Waals surface area contributed by atoms with Gasteiger partial charge in [-0.3, -0.25) is 9.69 Å². The molecule has 2 aromatic heterocycles. The lowest BCUT2D eigenvalue weighted by atomic mass is 10.1. The molecule has 0 saturated carbocycles. The quantitative estimate of drug-likeness (QED) is 0.596. The van der Waals surface area contributed by atoms with Crippen molar-refractivity contribution in [3.05, 3.63) is 77.6 Å². The van der Waals surface area contributed by atoms with Gasteiger partial charge in [-0.1, -0.05) is 12.1 Å². The third-order valence-electron chi connectivity index (χ3n) is 5.83. The number of amides is 1. The highest BCUT2D eigenvalue weighted by Crippen LogP contribution is 2.24. The molecular formula is C24H29N3O3. The minimum atomic E-state index is 0.147. The zero-order chi connectivity index (χ0) is 20.9. The van der Waals surface area contributed by atoms with Crippen molar-refractivity contribution in [2.24, 2.45) is 0 Å². The Balaban J connectivity index is 1.36. The molecule has 158 valence electrons. The van der Waals surface area contributed by atoms with Gasteiger partial charge in [0.25, 0.3) is 0 Å². The Hall–Kier alpha value is -2.99. The summed E-state index contributed by atoms with van der Waals surface area (Å²) in [6.07, 6.45) is 3.32. The first-order valence-corrected chi connectivity index (χ1v) is 10.5. The molecule has 1 saturated heterocycles. The Morgan fingerprint density at radius 2 is 1.53 bits per heavy atom. The van der Waals surface area contributed by atoms with Gasteiger partial charge in [-0.25, -0.2) is 0 Å². The van der Waals surface area contributed by atoms with Crippen LogP contribution in [0.15, 0.2) is 63.8 Å². The van der Waals surface area contributed by atoms with E-state index in [0.717, 1.165) is 37.7 Å². The van der Waals surface area contributed by atoms with Crippen molar-refractivity contribution in [1.82, 2.24) is 9.80 Å². The number of carbonyl (C=O) groups is 1. The largest absolute Gasteiger partial charge is 0.468 e. The molecular weight excluding hydrogens is 378 g/mol. The highest BCUT2D eigenvalue weighted by molar-refractivity contribution is 5.78. The van der Waals surface area contributed by atoms with E-state index in [-0.39, 0.29) is 5.91 Å². The second kappa shape index (κ2) is 9.22. The van der Waals surface area contributed by atoms with E-state index >= 15 is 0 Å². The number of piperazine rings is 1. The van der Waals surface area contributed by atoms with E-state index in [2.05, 4.69) is 41.8 Å². The summed E-state index contributed by atoms with van der Waals surface area (Å²) in [6.45, 7) is 8.98. The highest BCUT2D eigenvalue weighted by Gasteiger charge is 2.24. The van der Waals surface area contributed by atoms with Crippen LogP contribution in [0.2, 0.25) is 0 Å². The number of hydrogen-bond donors (Lipinski definition) is 0. The third kappa shape index (κ3) is 4.76. The van der Waals surface area contributed by atoms with Crippen molar-refractivity contribution < 1.29 is 13.6 Å². The first kappa shape index (κ1) is 20.3. The minimum Gasteiger partial charge on any atom is -0.468 e. The summed E-state index contributed by atoms with van der Waals surface area (Å²) in [7, 11) is 0. The number of hydrogen-bond acceptors (Lipinski definition) is 5. The molecule has 6 heteroatoms. The standard InChI is InChI=1S/C24H29N3O3/c1-19-6-3-9-23(20(19)2)26-10-12-27(13-11-26)24(28)18-25(16-21-7-4-14-29-21)17-22-8-5-15-30-22/h3-9,14-15H,10-13,16-18H2,1-2H3. The molecule has 0 spiro atoms. The van der Waals surface area contributed by atoms with Crippen LogP contribution < -0.4 is 4.90 Å². The molecule has 0 aliphatic carbocycles. The average Bonchev–Trinajstić information content (AvgIpc) is 3.44. The summed E-state index contributed by atoms with van der Waals surface area (Å²) in [5, 5.41) is 0. The van der Waals surface area contributed by atoms with Gasteiger partial charge < -0.3 is 18.6 Å². The smallest absolute Gasteiger partial charge is 0.236 e. The summed E-state index contributed by atoms with van der Waals surface area (Å²) in [6, 6.07) is 14.0. The Labute approximate surface area is 177 Å².